The molecule has 0 radical (unpaired) electrons. The van der Waals surface area contributed by atoms with Crippen LogP contribution in [0.2, 0.25) is 5.02 Å². The summed E-state index contributed by atoms with van der Waals surface area (Å²) in [6.07, 6.45) is 0.250. The zero-order valence-electron chi connectivity index (χ0n) is 14.1. The van der Waals surface area contributed by atoms with Crippen molar-refractivity contribution in [1.29, 1.82) is 0 Å². The average Bonchev–Trinajstić information content (AvgIpc) is 3.20. The van der Waals surface area contributed by atoms with Crippen molar-refractivity contribution in [2.75, 3.05) is 0 Å². The van der Waals surface area contributed by atoms with Crippen molar-refractivity contribution in [1.82, 2.24) is 4.98 Å². The minimum absolute atomic E-state index is 0.250. The number of halogens is 1. The Bertz CT molecular complexity index is 1050. The SMILES string of the molecule is Clc1ccc(-c2cccc(-c3csc(-c4ccccc4)n3)c2)cc1.O=C=O. The van der Waals surface area contributed by atoms with Gasteiger partial charge in [-0.15, -0.1) is 11.3 Å². The molecule has 132 valence electrons. The molecule has 3 nitrogen and oxygen atoms in total. The third-order valence-corrected chi connectivity index (χ3v) is 5.00. The molecule has 0 fully saturated rings. The largest absolute Gasteiger partial charge is 0.373 e. The zero-order valence-corrected chi connectivity index (χ0v) is 15.7. The Morgan fingerprint density at radius 3 is 2.07 bits per heavy atom. The van der Waals surface area contributed by atoms with Crippen molar-refractivity contribution in [3.8, 4) is 33.0 Å². The van der Waals surface area contributed by atoms with Crippen molar-refractivity contribution in [2.45, 2.75) is 0 Å². The van der Waals surface area contributed by atoms with E-state index in [9.17, 15) is 0 Å². The standard InChI is InChI=1S/C21H14ClNS.CO2/c22-19-11-9-15(10-12-19)17-7-4-8-18(13-17)20-14-24-21(23-20)16-5-2-1-3-6-16;2-1-3/h1-14H;. The number of thiazole rings is 1. The predicted octanol–water partition coefficient (Wildman–Crippen LogP) is 6.21. The molecule has 0 aliphatic rings. The summed E-state index contributed by atoms with van der Waals surface area (Å²) in [6.45, 7) is 0. The first-order valence-corrected chi connectivity index (χ1v) is 9.33. The lowest BCUT2D eigenvalue weighted by Crippen LogP contribution is -1.82. The highest BCUT2D eigenvalue weighted by atomic mass is 35.5. The molecule has 0 unspecified atom stereocenters. The molecule has 0 aliphatic heterocycles. The number of nitrogens with zero attached hydrogens (tertiary/aromatic N) is 1. The molecule has 1 heterocycles. The van der Waals surface area contributed by atoms with Crippen LogP contribution >= 0.6 is 22.9 Å². The topological polar surface area (TPSA) is 47.0 Å². The van der Waals surface area contributed by atoms with Crippen molar-refractivity contribution >= 4 is 29.1 Å². The van der Waals surface area contributed by atoms with Crippen LogP contribution < -0.4 is 0 Å². The monoisotopic (exact) mass is 391 g/mol. The number of hydrogen-bond donors (Lipinski definition) is 0. The second-order valence-electron chi connectivity index (χ2n) is 5.57. The molecule has 4 rings (SSSR count). The molecule has 1 aromatic heterocycles. The summed E-state index contributed by atoms with van der Waals surface area (Å²) in [5.41, 5.74) is 5.61. The number of hydrogen-bond acceptors (Lipinski definition) is 4. The maximum Gasteiger partial charge on any atom is 0.373 e. The molecule has 0 saturated heterocycles. The Kier molecular flexibility index (Phi) is 6.29. The summed E-state index contributed by atoms with van der Waals surface area (Å²) in [5.74, 6) is 0. The van der Waals surface area contributed by atoms with Gasteiger partial charge >= 0.3 is 6.15 Å². The first-order valence-electron chi connectivity index (χ1n) is 8.08. The van der Waals surface area contributed by atoms with Crippen LogP contribution in [0.3, 0.4) is 0 Å². The molecule has 0 amide bonds. The third kappa shape index (κ3) is 4.78. The van der Waals surface area contributed by atoms with Crippen molar-refractivity contribution < 1.29 is 9.59 Å². The van der Waals surface area contributed by atoms with Gasteiger partial charge in [-0.2, -0.15) is 9.59 Å². The van der Waals surface area contributed by atoms with Gasteiger partial charge in [0.25, 0.3) is 0 Å². The normalized spacial score (nSPS) is 9.81. The lowest BCUT2D eigenvalue weighted by molar-refractivity contribution is -0.191. The second kappa shape index (κ2) is 9.06. The fourth-order valence-electron chi connectivity index (χ4n) is 2.62. The zero-order chi connectivity index (χ0) is 19.1. The Morgan fingerprint density at radius 1 is 0.741 bits per heavy atom. The lowest BCUT2D eigenvalue weighted by Gasteiger charge is -2.04. The van der Waals surface area contributed by atoms with Gasteiger partial charge in [-0.05, 0) is 29.3 Å². The Balaban J connectivity index is 0.000000659. The molecular weight excluding hydrogens is 378 g/mol. The van der Waals surface area contributed by atoms with Gasteiger partial charge in [-0.3, -0.25) is 0 Å². The number of benzene rings is 3. The van der Waals surface area contributed by atoms with Crippen LogP contribution in [0.25, 0.3) is 33.0 Å². The fraction of sp³-hybridized carbons (Fsp3) is 0. The van der Waals surface area contributed by atoms with Crippen molar-refractivity contribution in [2.24, 2.45) is 0 Å². The summed E-state index contributed by atoms with van der Waals surface area (Å²) >= 11 is 7.65. The minimum Gasteiger partial charge on any atom is -0.236 e. The number of aromatic nitrogens is 1. The van der Waals surface area contributed by atoms with E-state index >= 15 is 0 Å². The number of carbonyl (C=O) groups excluding carboxylic acids is 2. The maximum absolute atomic E-state index is 8.12. The first kappa shape index (κ1) is 18.7. The van der Waals surface area contributed by atoms with Gasteiger partial charge in [0, 0.05) is 21.5 Å². The summed E-state index contributed by atoms with van der Waals surface area (Å²) in [4.78, 5) is 21.0. The lowest BCUT2D eigenvalue weighted by atomic mass is 10.0. The highest BCUT2D eigenvalue weighted by Crippen LogP contribution is 2.31. The van der Waals surface area contributed by atoms with E-state index in [0.717, 1.165) is 32.4 Å². The van der Waals surface area contributed by atoms with Gasteiger partial charge in [0.2, 0.25) is 0 Å². The molecule has 0 N–H and O–H groups in total. The van der Waals surface area contributed by atoms with Gasteiger partial charge in [0.15, 0.2) is 0 Å². The molecule has 27 heavy (non-hydrogen) atoms. The highest BCUT2D eigenvalue weighted by molar-refractivity contribution is 7.13. The van der Waals surface area contributed by atoms with Crippen molar-refractivity contribution in [3.63, 3.8) is 0 Å². The Labute approximate surface area is 165 Å². The predicted molar refractivity (Wildman–Crippen MR) is 108 cm³/mol. The molecule has 5 heteroatoms. The van der Waals surface area contributed by atoms with Gasteiger partial charge in [-0.1, -0.05) is 72.3 Å². The summed E-state index contributed by atoms with van der Waals surface area (Å²) in [7, 11) is 0. The van der Waals surface area contributed by atoms with Gasteiger partial charge in [0.05, 0.1) is 5.69 Å². The molecule has 0 saturated carbocycles. The Hall–Kier alpha value is -3.04. The number of rotatable bonds is 3. The van der Waals surface area contributed by atoms with Gasteiger partial charge in [-0.25, -0.2) is 4.98 Å². The van der Waals surface area contributed by atoms with Crippen LogP contribution in [0.15, 0.2) is 84.2 Å². The van der Waals surface area contributed by atoms with Crippen LogP contribution in [0.1, 0.15) is 0 Å². The van der Waals surface area contributed by atoms with Crippen LogP contribution in [0, 0.1) is 0 Å². The maximum atomic E-state index is 8.12. The molecule has 4 aromatic rings. The van der Waals surface area contributed by atoms with Gasteiger partial charge < -0.3 is 0 Å². The quantitative estimate of drug-likeness (QED) is 0.416. The first-order chi connectivity index (χ1) is 13.2. The molecule has 0 spiro atoms. The molecular formula is C22H14ClNO2S. The minimum atomic E-state index is 0.250. The molecule has 0 aliphatic carbocycles. The van der Waals surface area contributed by atoms with E-state index < -0.39 is 0 Å². The molecule has 0 atom stereocenters. The van der Waals surface area contributed by atoms with Crippen LogP contribution in [-0.4, -0.2) is 11.1 Å². The van der Waals surface area contributed by atoms with Crippen molar-refractivity contribution in [3.05, 3.63) is 89.3 Å². The van der Waals surface area contributed by atoms with E-state index in [1.54, 1.807) is 11.3 Å². The van der Waals surface area contributed by atoms with Gasteiger partial charge in [0.1, 0.15) is 5.01 Å². The van der Waals surface area contributed by atoms with E-state index in [-0.39, 0.29) is 6.15 Å². The fourth-order valence-corrected chi connectivity index (χ4v) is 3.58. The second-order valence-corrected chi connectivity index (χ2v) is 6.87. The highest BCUT2D eigenvalue weighted by Gasteiger charge is 2.07. The summed E-state index contributed by atoms with van der Waals surface area (Å²) in [6, 6.07) is 26.6. The summed E-state index contributed by atoms with van der Waals surface area (Å²) in [5, 5.41) is 3.91. The van der Waals surface area contributed by atoms with E-state index in [1.807, 2.05) is 42.5 Å². The van der Waals surface area contributed by atoms with E-state index in [1.165, 1.54) is 5.56 Å². The third-order valence-electron chi connectivity index (χ3n) is 3.86. The van der Waals surface area contributed by atoms with Crippen LogP contribution in [-0.2, 0) is 9.59 Å². The van der Waals surface area contributed by atoms with E-state index in [4.69, 9.17) is 26.2 Å². The molecule has 0 bridgehead atoms. The Morgan fingerprint density at radius 2 is 1.37 bits per heavy atom. The molecule has 3 aromatic carbocycles. The van der Waals surface area contributed by atoms with E-state index in [0.29, 0.717) is 0 Å². The van der Waals surface area contributed by atoms with Crippen LogP contribution in [0.4, 0.5) is 0 Å². The summed E-state index contributed by atoms with van der Waals surface area (Å²) < 4.78 is 0. The smallest absolute Gasteiger partial charge is 0.236 e. The van der Waals surface area contributed by atoms with Crippen LogP contribution in [0.5, 0.6) is 0 Å². The van der Waals surface area contributed by atoms with E-state index in [2.05, 4.69) is 41.8 Å². The average molecular weight is 392 g/mol.